The standard InChI is InChI=1S/C25H32ClN5O2S/c1-25(2)23(32)31(24(33)30(25)18-19-7-9-27-10-8-19)20-5-6-22(21(26)17-20)34-16-4-11-29-14-12-28(3)13-15-29/h5-10,17H,4,11-16,18H2,1-3H3. The zero-order valence-electron chi connectivity index (χ0n) is 20.0. The SMILES string of the molecule is CN1CCN(CCCSc2ccc(N3C(=O)N(Cc4ccncc4)C(C)(C)C3=O)cc2Cl)CC1. The van der Waals surface area contributed by atoms with Crippen molar-refractivity contribution in [1.82, 2.24) is 19.7 Å². The number of rotatable bonds is 8. The number of imide groups is 1. The van der Waals surface area contributed by atoms with Crippen molar-refractivity contribution in [2.24, 2.45) is 0 Å². The number of urea groups is 1. The van der Waals surface area contributed by atoms with Crippen LogP contribution in [0, 0.1) is 0 Å². The van der Waals surface area contributed by atoms with Crippen LogP contribution in [-0.4, -0.2) is 82.7 Å². The number of piperazine rings is 1. The van der Waals surface area contributed by atoms with Crippen LogP contribution in [0.3, 0.4) is 0 Å². The first-order valence-electron chi connectivity index (χ1n) is 11.7. The van der Waals surface area contributed by atoms with E-state index in [2.05, 4.69) is 21.8 Å². The summed E-state index contributed by atoms with van der Waals surface area (Å²) in [6.45, 7) is 9.50. The molecule has 0 spiro atoms. The van der Waals surface area contributed by atoms with Gasteiger partial charge in [-0.1, -0.05) is 11.6 Å². The van der Waals surface area contributed by atoms with Crippen LogP contribution in [0.5, 0.6) is 0 Å². The van der Waals surface area contributed by atoms with Gasteiger partial charge in [-0.25, -0.2) is 9.69 Å². The highest BCUT2D eigenvalue weighted by molar-refractivity contribution is 7.99. The van der Waals surface area contributed by atoms with E-state index in [1.54, 1.807) is 49.0 Å². The van der Waals surface area contributed by atoms with E-state index in [9.17, 15) is 9.59 Å². The summed E-state index contributed by atoms with van der Waals surface area (Å²) in [6.07, 6.45) is 4.46. The summed E-state index contributed by atoms with van der Waals surface area (Å²) < 4.78 is 0. The monoisotopic (exact) mass is 501 g/mol. The summed E-state index contributed by atoms with van der Waals surface area (Å²) in [5.41, 5.74) is 0.475. The molecule has 0 saturated carbocycles. The van der Waals surface area contributed by atoms with Gasteiger partial charge in [0, 0.05) is 50.0 Å². The summed E-state index contributed by atoms with van der Waals surface area (Å²) in [5, 5.41) is 0.563. The molecule has 2 fully saturated rings. The van der Waals surface area contributed by atoms with Crippen LogP contribution in [0.25, 0.3) is 0 Å². The van der Waals surface area contributed by atoms with Gasteiger partial charge >= 0.3 is 6.03 Å². The third-order valence-corrected chi connectivity index (χ3v) is 8.14. The molecule has 3 amide bonds. The zero-order valence-corrected chi connectivity index (χ0v) is 21.6. The number of hydrogen-bond donors (Lipinski definition) is 0. The molecular weight excluding hydrogens is 470 g/mol. The average Bonchev–Trinajstić information content (AvgIpc) is 2.99. The summed E-state index contributed by atoms with van der Waals surface area (Å²) in [7, 11) is 2.17. The number of aromatic nitrogens is 1. The molecule has 2 aliphatic rings. The maximum Gasteiger partial charge on any atom is 0.332 e. The van der Waals surface area contributed by atoms with Crippen molar-refractivity contribution < 1.29 is 9.59 Å². The van der Waals surface area contributed by atoms with Crippen molar-refractivity contribution in [1.29, 1.82) is 0 Å². The first kappa shape index (κ1) is 25.0. The molecule has 7 nitrogen and oxygen atoms in total. The third kappa shape index (κ3) is 5.40. The Bertz CT molecular complexity index is 1030. The lowest BCUT2D eigenvalue weighted by molar-refractivity contribution is -0.123. The minimum absolute atomic E-state index is 0.254. The number of thioether (sulfide) groups is 1. The number of halogens is 1. The van der Waals surface area contributed by atoms with Crippen molar-refractivity contribution in [2.45, 2.75) is 37.2 Å². The Hall–Kier alpha value is -2.13. The normalized spacial score (nSPS) is 19.3. The molecule has 0 N–H and O–H groups in total. The molecule has 3 heterocycles. The highest BCUT2D eigenvalue weighted by atomic mass is 35.5. The molecule has 182 valence electrons. The molecule has 0 atom stereocenters. The molecule has 9 heteroatoms. The smallest absolute Gasteiger partial charge is 0.305 e. The molecule has 2 saturated heterocycles. The van der Waals surface area contributed by atoms with Gasteiger partial charge < -0.3 is 14.7 Å². The highest BCUT2D eigenvalue weighted by Crippen LogP contribution is 2.37. The minimum Gasteiger partial charge on any atom is -0.305 e. The predicted molar refractivity (Wildman–Crippen MR) is 137 cm³/mol. The number of benzene rings is 1. The predicted octanol–water partition coefficient (Wildman–Crippen LogP) is 4.21. The third-order valence-electron chi connectivity index (χ3n) is 6.56. The number of anilines is 1. The van der Waals surface area contributed by atoms with Gasteiger partial charge in [0.1, 0.15) is 5.54 Å². The first-order valence-corrected chi connectivity index (χ1v) is 13.0. The second-order valence-electron chi connectivity index (χ2n) is 9.39. The van der Waals surface area contributed by atoms with Crippen molar-refractivity contribution in [3.05, 3.63) is 53.3 Å². The van der Waals surface area contributed by atoms with Gasteiger partial charge in [-0.2, -0.15) is 0 Å². The molecular formula is C25H32ClN5O2S. The van der Waals surface area contributed by atoms with Gasteiger partial charge in [-0.05, 0) is 75.5 Å². The van der Waals surface area contributed by atoms with Crippen LogP contribution in [0.15, 0.2) is 47.6 Å². The molecule has 4 rings (SSSR count). The number of pyridine rings is 1. The van der Waals surface area contributed by atoms with Crippen LogP contribution in [0.4, 0.5) is 10.5 Å². The fourth-order valence-electron chi connectivity index (χ4n) is 4.29. The second kappa shape index (κ2) is 10.6. The average molecular weight is 502 g/mol. The lowest BCUT2D eigenvalue weighted by Gasteiger charge is -2.32. The lowest BCUT2D eigenvalue weighted by Crippen LogP contribution is -2.44. The van der Waals surface area contributed by atoms with Crippen molar-refractivity contribution >= 4 is 41.0 Å². The molecule has 0 aliphatic carbocycles. The second-order valence-corrected chi connectivity index (χ2v) is 10.9. The molecule has 0 radical (unpaired) electrons. The number of amides is 3. The summed E-state index contributed by atoms with van der Waals surface area (Å²) in [6, 6.07) is 8.82. The summed E-state index contributed by atoms with van der Waals surface area (Å²) >= 11 is 8.29. The zero-order chi connectivity index (χ0) is 24.3. The lowest BCUT2D eigenvalue weighted by atomic mass is 10.0. The number of hydrogen-bond acceptors (Lipinski definition) is 6. The molecule has 1 aromatic carbocycles. The fraction of sp³-hybridized carbons (Fsp3) is 0.480. The van der Waals surface area contributed by atoms with Crippen LogP contribution >= 0.6 is 23.4 Å². The Morgan fingerprint density at radius 1 is 1.06 bits per heavy atom. The van der Waals surface area contributed by atoms with Gasteiger partial charge in [0.2, 0.25) is 0 Å². The van der Waals surface area contributed by atoms with Crippen molar-refractivity contribution in [3.63, 3.8) is 0 Å². The Labute approximate surface area is 211 Å². The van der Waals surface area contributed by atoms with Crippen molar-refractivity contribution in [3.8, 4) is 0 Å². The van der Waals surface area contributed by atoms with E-state index < -0.39 is 5.54 Å². The highest BCUT2D eigenvalue weighted by Gasteiger charge is 2.51. The van der Waals surface area contributed by atoms with Gasteiger partial charge in [0.25, 0.3) is 5.91 Å². The van der Waals surface area contributed by atoms with Gasteiger partial charge in [0.15, 0.2) is 0 Å². The van der Waals surface area contributed by atoms with E-state index in [0.717, 1.165) is 55.4 Å². The Kier molecular flexibility index (Phi) is 7.82. The van der Waals surface area contributed by atoms with Crippen LogP contribution in [-0.2, 0) is 11.3 Å². The van der Waals surface area contributed by atoms with Gasteiger partial charge in [0.05, 0.1) is 10.7 Å². The molecule has 0 bridgehead atoms. The minimum atomic E-state index is -0.955. The van der Waals surface area contributed by atoms with E-state index in [4.69, 9.17) is 11.6 Å². The summed E-state index contributed by atoms with van der Waals surface area (Å²) in [5.74, 6) is 0.718. The number of nitrogens with zero attached hydrogens (tertiary/aromatic N) is 5. The first-order chi connectivity index (χ1) is 16.3. The molecule has 1 aromatic heterocycles. The molecule has 0 unspecified atom stereocenters. The summed E-state index contributed by atoms with van der Waals surface area (Å²) in [4.78, 5) is 39.2. The Balaban J connectivity index is 1.38. The number of likely N-dealkylation sites (N-methyl/N-ethyl adjacent to an activating group) is 1. The molecule has 34 heavy (non-hydrogen) atoms. The molecule has 2 aliphatic heterocycles. The van der Waals surface area contributed by atoms with E-state index >= 15 is 0 Å². The largest absolute Gasteiger partial charge is 0.332 e. The maximum atomic E-state index is 13.3. The van der Waals surface area contributed by atoms with E-state index in [1.807, 2.05) is 24.3 Å². The number of carbonyl (C=O) groups is 2. The van der Waals surface area contributed by atoms with Crippen molar-refractivity contribution in [2.75, 3.05) is 50.4 Å². The van der Waals surface area contributed by atoms with E-state index in [1.165, 1.54) is 4.90 Å². The van der Waals surface area contributed by atoms with Crippen LogP contribution in [0.1, 0.15) is 25.8 Å². The Morgan fingerprint density at radius 3 is 2.44 bits per heavy atom. The maximum absolute atomic E-state index is 13.3. The fourth-order valence-corrected chi connectivity index (χ4v) is 5.48. The molecule has 2 aromatic rings. The van der Waals surface area contributed by atoms with Crippen LogP contribution < -0.4 is 4.90 Å². The number of carbonyl (C=O) groups excluding carboxylic acids is 2. The van der Waals surface area contributed by atoms with Crippen LogP contribution in [0.2, 0.25) is 5.02 Å². The van der Waals surface area contributed by atoms with Gasteiger partial charge in [-0.15, -0.1) is 11.8 Å². The van der Waals surface area contributed by atoms with Gasteiger partial charge in [-0.3, -0.25) is 9.78 Å². The van der Waals surface area contributed by atoms with E-state index in [0.29, 0.717) is 17.3 Å². The Morgan fingerprint density at radius 2 is 1.76 bits per heavy atom. The topological polar surface area (TPSA) is 60.0 Å². The quantitative estimate of drug-likeness (QED) is 0.307. The van der Waals surface area contributed by atoms with E-state index in [-0.39, 0.29) is 11.9 Å².